The fourth-order valence-corrected chi connectivity index (χ4v) is 2.76. The van der Waals surface area contributed by atoms with Crippen molar-refractivity contribution in [3.63, 3.8) is 0 Å². The van der Waals surface area contributed by atoms with Gasteiger partial charge in [0.2, 0.25) is 0 Å². The molecule has 2 rings (SSSR count). The summed E-state index contributed by atoms with van der Waals surface area (Å²) >= 11 is 0. The normalized spacial score (nSPS) is 12.2. The highest BCUT2D eigenvalue weighted by atomic mass is 19.4. The number of para-hydroxylation sites is 1. The van der Waals surface area contributed by atoms with Crippen molar-refractivity contribution < 1.29 is 32.3 Å². The molecule has 0 radical (unpaired) electrons. The zero-order chi connectivity index (χ0) is 23.2. The van der Waals surface area contributed by atoms with Crippen molar-refractivity contribution >= 4 is 23.5 Å². The Balaban J connectivity index is 1.99. The lowest BCUT2D eigenvalue weighted by Crippen LogP contribution is -2.46. The average Bonchev–Trinajstić information content (AvgIpc) is 2.69. The summed E-state index contributed by atoms with van der Waals surface area (Å²) in [4.78, 5) is 36.9. The van der Waals surface area contributed by atoms with Crippen LogP contribution in [0, 0.1) is 12.8 Å². The summed E-state index contributed by atoms with van der Waals surface area (Å²) in [6, 6.07) is 10.2. The number of alkyl halides is 3. The van der Waals surface area contributed by atoms with Gasteiger partial charge in [-0.15, -0.1) is 0 Å². The molecule has 2 aromatic rings. The Labute approximate surface area is 177 Å². The molecule has 166 valence electrons. The van der Waals surface area contributed by atoms with Crippen LogP contribution in [0.25, 0.3) is 0 Å². The van der Waals surface area contributed by atoms with Crippen molar-refractivity contribution in [3.8, 4) is 0 Å². The molecule has 0 heterocycles. The molecule has 0 fully saturated rings. The highest BCUT2D eigenvalue weighted by molar-refractivity contribution is 5.98. The summed E-state index contributed by atoms with van der Waals surface area (Å²) in [5.41, 5.74) is -0.226. The molecule has 2 N–H and O–H groups in total. The van der Waals surface area contributed by atoms with Crippen molar-refractivity contribution in [2.45, 2.75) is 33.0 Å². The zero-order valence-electron chi connectivity index (χ0n) is 17.2. The second kappa shape index (κ2) is 10.1. The molecular formula is C22H23F3N2O4. The first-order valence-electron chi connectivity index (χ1n) is 9.49. The van der Waals surface area contributed by atoms with Crippen LogP contribution in [0.2, 0.25) is 0 Å². The lowest BCUT2D eigenvalue weighted by Gasteiger charge is -2.21. The third-order valence-electron chi connectivity index (χ3n) is 4.34. The van der Waals surface area contributed by atoms with Gasteiger partial charge in [-0.1, -0.05) is 43.7 Å². The lowest BCUT2D eigenvalue weighted by molar-refractivity contribution is -0.150. The monoisotopic (exact) mass is 436 g/mol. The van der Waals surface area contributed by atoms with Crippen molar-refractivity contribution in [2.24, 2.45) is 5.92 Å². The minimum atomic E-state index is -4.65. The fourth-order valence-electron chi connectivity index (χ4n) is 2.76. The van der Waals surface area contributed by atoms with Gasteiger partial charge >= 0.3 is 12.1 Å². The third kappa shape index (κ3) is 6.84. The van der Waals surface area contributed by atoms with Gasteiger partial charge in [-0.3, -0.25) is 9.59 Å². The fraction of sp³-hybridized carbons (Fsp3) is 0.318. The minimum absolute atomic E-state index is 0.352. The first kappa shape index (κ1) is 23.9. The maximum atomic E-state index is 13.0. The van der Waals surface area contributed by atoms with Crippen molar-refractivity contribution in [1.82, 2.24) is 5.32 Å². The average molecular weight is 436 g/mol. The molecule has 0 aliphatic heterocycles. The molecule has 0 aliphatic rings. The highest BCUT2D eigenvalue weighted by Crippen LogP contribution is 2.34. The van der Waals surface area contributed by atoms with Crippen LogP contribution in [-0.4, -0.2) is 30.4 Å². The van der Waals surface area contributed by atoms with Crippen LogP contribution < -0.4 is 10.6 Å². The number of rotatable bonds is 7. The standard InChI is InChI=1S/C22H23F3N2O4/c1-13(2)19(27-20(29)15-8-6-7-14(3)11-15)21(30)31-12-18(28)26-17-10-5-4-9-16(17)22(23,24)25/h4-11,13,19H,12H2,1-3H3,(H,26,28)(H,27,29)/t19-/m0/s1. The number of hydrogen-bond donors (Lipinski definition) is 2. The molecule has 0 bridgehead atoms. The predicted octanol–water partition coefficient (Wildman–Crippen LogP) is 3.95. The molecular weight excluding hydrogens is 413 g/mol. The maximum absolute atomic E-state index is 13.0. The quantitative estimate of drug-likeness (QED) is 0.644. The Morgan fingerprint density at radius 3 is 2.32 bits per heavy atom. The number of carbonyl (C=O) groups is 3. The molecule has 31 heavy (non-hydrogen) atoms. The lowest BCUT2D eigenvalue weighted by atomic mass is 10.0. The van der Waals surface area contributed by atoms with E-state index in [0.717, 1.165) is 17.7 Å². The second-order valence-corrected chi connectivity index (χ2v) is 7.26. The highest BCUT2D eigenvalue weighted by Gasteiger charge is 2.33. The first-order chi connectivity index (χ1) is 14.5. The van der Waals surface area contributed by atoms with Crippen LogP contribution in [0.5, 0.6) is 0 Å². The minimum Gasteiger partial charge on any atom is -0.454 e. The molecule has 1 atom stereocenters. The van der Waals surface area contributed by atoms with Gasteiger partial charge in [0.15, 0.2) is 6.61 Å². The van der Waals surface area contributed by atoms with Gasteiger partial charge in [0.1, 0.15) is 6.04 Å². The number of aryl methyl sites for hydroxylation is 1. The largest absolute Gasteiger partial charge is 0.454 e. The first-order valence-corrected chi connectivity index (χ1v) is 9.49. The Morgan fingerprint density at radius 1 is 1.03 bits per heavy atom. The summed E-state index contributed by atoms with van der Waals surface area (Å²) in [6.07, 6.45) is -4.65. The summed E-state index contributed by atoms with van der Waals surface area (Å²) in [5.74, 6) is -2.63. The van der Waals surface area contributed by atoms with Gasteiger partial charge in [0.25, 0.3) is 11.8 Å². The van der Waals surface area contributed by atoms with Crippen molar-refractivity contribution in [3.05, 3.63) is 65.2 Å². The molecule has 9 heteroatoms. The smallest absolute Gasteiger partial charge is 0.418 e. The van der Waals surface area contributed by atoms with E-state index in [4.69, 9.17) is 4.74 Å². The van der Waals surface area contributed by atoms with Gasteiger partial charge in [-0.25, -0.2) is 4.79 Å². The zero-order valence-corrected chi connectivity index (χ0v) is 17.2. The number of amides is 2. The molecule has 0 spiro atoms. The SMILES string of the molecule is Cc1cccc(C(=O)N[C@H](C(=O)OCC(=O)Nc2ccccc2C(F)(F)F)C(C)C)c1. The number of carbonyl (C=O) groups excluding carboxylic acids is 3. The van der Waals surface area contributed by atoms with E-state index in [0.29, 0.717) is 5.56 Å². The number of halogens is 3. The summed E-state index contributed by atoms with van der Waals surface area (Å²) in [7, 11) is 0. The van der Waals surface area contributed by atoms with E-state index in [2.05, 4.69) is 10.6 Å². The van der Waals surface area contributed by atoms with Crippen LogP contribution in [0.1, 0.15) is 35.3 Å². The number of esters is 1. The van der Waals surface area contributed by atoms with E-state index in [1.807, 2.05) is 13.0 Å². The van der Waals surface area contributed by atoms with Gasteiger partial charge in [-0.05, 0) is 37.1 Å². The second-order valence-electron chi connectivity index (χ2n) is 7.26. The Hall–Kier alpha value is -3.36. The molecule has 2 aromatic carbocycles. The summed E-state index contributed by atoms with van der Waals surface area (Å²) < 4.78 is 44.0. The number of benzene rings is 2. The van der Waals surface area contributed by atoms with E-state index in [-0.39, 0.29) is 5.92 Å². The maximum Gasteiger partial charge on any atom is 0.418 e. The Kier molecular flexibility index (Phi) is 7.79. The topological polar surface area (TPSA) is 84.5 Å². The summed E-state index contributed by atoms with van der Waals surface area (Å²) in [6.45, 7) is 4.39. The molecule has 2 amide bonds. The van der Waals surface area contributed by atoms with E-state index < -0.39 is 47.9 Å². The molecule has 6 nitrogen and oxygen atoms in total. The Morgan fingerprint density at radius 2 is 1.71 bits per heavy atom. The molecule has 0 aliphatic carbocycles. The molecule has 0 saturated carbocycles. The van der Waals surface area contributed by atoms with Crippen LogP contribution >= 0.6 is 0 Å². The third-order valence-corrected chi connectivity index (χ3v) is 4.34. The van der Waals surface area contributed by atoms with Gasteiger partial charge in [-0.2, -0.15) is 13.2 Å². The Bertz CT molecular complexity index is 958. The molecule has 0 aromatic heterocycles. The number of anilines is 1. The van der Waals surface area contributed by atoms with Crippen molar-refractivity contribution in [2.75, 3.05) is 11.9 Å². The van der Waals surface area contributed by atoms with E-state index >= 15 is 0 Å². The molecule has 0 saturated heterocycles. The van der Waals surface area contributed by atoms with Gasteiger partial charge < -0.3 is 15.4 Å². The van der Waals surface area contributed by atoms with Crippen LogP contribution in [0.3, 0.4) is 0 Å². The van der Waals surface area contributed by atoms with Crippen LogP contribution in [-0.2, 0) is 20.5 Å². The number of hydrogen-bond acceptors (Lipinski definition) is 4. The van der Waals surface area contributed by atoms with E-state index in [9.17, 15) is 27.6 Å². The van der Waals surface area contributed by atoms with Crippen LogP contribution in [0.15, 0.2) is 48.5 Å². The van der Waals surface area contributed by atoms with E-state index in [1.54, 1.807) is 32.0 Å². The van der Waals surface area contributed by atoms with E-state index in [1.165, 1.54) is 12.1 Å². The number of nitrogens with one attached hydrogen (secondary N) is 2. The van der Waals surface area contributed by atoms with Crippen molar-refractivity contribution in [1.29, 1.82) is 0 Å². The van der Waals surface area contributed by atoms with Gasteiger partial charge in [0, 0.05) is 5.56 Å². The van der Waals surface area contributed by atoms with Crippen LogP contribution in [0.4, 0.5) is 18.9 Å². The molecule has 0 unspecified atom stereocenters. The van der Waals surface area contributed by atoms with Gasteiger partial charge in [0.05, 0.1) is 11.3 Å². The predicted molar refractivity (Wildman–Crippen MR) is 108 cm³/mol. The summed E-state index contributed by atoms with van der Waals surface area (Å²) in [5, 5.41) is 4.66. The number of ether oxygens (including phenoxy) is 1.